The number of rotatable bonds is 5. The minimum atomic E-state index is 0.187. The van der Waals surface area contributed by atoms with Crippen molar-refractivity contribution in [3.8, 4) is 0 Å². The number of aromatic nitrogens is 1. The molecule has 2 nitrogen and oxygen atoms in total. The smallest absolute Gasteiger partial charge is 0.0569 e. The normalized spacial score (nSPS) is 12.9. The van der Waals surface area contributed by atoms with Gasteiger partial charge in [0.2, 0.25) is 0 Å². The van der Waals surface area contributed by atoms with Gasteiger partial charge in [-0.05, 0) is 48.9 Å². The zero-order valence-corrected chi connectivity index (χ0v) is 13.5. The van der Waals surface area contributed by atoms with Crippen molar-refractivity contribution < 1.29 is 0 Å². The summed E-state index contributed by atoms with van der Waals surface area (Å²) < 4.78 is 2.36. The maximum Gasteiger partial charge on any atom is 0.0569 e. The fraction of sp³-hybridized carbons (Fsp3) is 0.333. The van der Waals surface area contributed by atoms with Gasteiger partial charge in [0, 0.05) is 22.0 Å². The van der Waals surface area contributed by atoms with Crippen LogP contribution >= 0.6 is 11.3 Å². The molecule has 0 amide bonds. The van der Waals surface area contributed by atoms with Crippen LogP contribution in [-0.2, 0) is 19.4 Å². The van der Waals surface area contributed by atoms with E-state index in [-0.39, 0.29) is 6.04 Å². The average Bonchev–Trinajstić information content (AvgIpc) is 3.06. The van der Waals surface area contributed by atoms with E-state index in [9.17, 15) is 0 Å². The molecular weight excluding hydrogens is 276 g/mol. The third kappa shape index (κ3) is 3.04. The van der Waals surface area contributed by atoms with Gasteiger partial charge in [-0.2, -0.15) is 0 Å². The molecule has 0 aliphatic carbocycles. The summed E-state index contributed by atoms with van der Waals surface area (Å²) in [6.45, 7) is 5.23. The monoisotopic (exact) mass is 298 g/mol. The molecule has 2 heterocycles. The van der Waals surface area contributed by atoms with Gasteiger partial charge in [-0.3, -0.25) is 0 Å². The van der Waals surface area contributed by atoms with E-state index >= 15 is 0 Å². The second-order valence-electron chi connectivity index (χ2n) is 5.70. The molecule has 0 radical (unpaired) electrons. The Morgan fingerprint density at radius 1 is 1.14 bits per heavy atom. The van der Waals surface area contributed by atoms with E-state index in [1.165, 1.54) is 26.2 Å². The van der Waals surface area contributed by atoms with Crippen molar-refractivity contribution in [3.63, 3.8) is 0 Å². The van der Waals surface area contributed by atoms with E-state index in [0.29, 0.717) is 0 Å². The summed E-state index contributed by atoms with van der Waals surface area (Å²) in [5.74, 6) is 0. The third-order valence-electron chi connectivity index (χ3n) is 3.81. The van der Waals surface area contributed by atoms with Gasteiger partial charge in [0.05, 0.1) is 12.1 Å². The topological polar surface area (TPSA) is 30.9 Å². The van der Waals surface area contributed by atoms with E-state index < -0.39 is 0 Å². The predicted octanol–water partition coefficient (Wildman–Crippen LogP) is 4.20. The average molecular weight is 298 g/mol. The first-order valence-corrected chi connectivity index (χ1v) is 8.39. The van der Waals surface area contributed by atoms with Crippen molar-refractivity contribution in [2.45, 2.75) is 39.3 Å². The highest BCUT2D eigenvalue weighted by Gasteiger charge is 2.09. The minimum absolute atomic E-state index is 0.187. The van der Waals surface area contributed by atoms with Gasteiger partial charge in [-0.15, -0.1) is 11.3 Å². The minimum Gasteiger partial charge on any atom is -0.342 e. The Morgan fingerprint density at radius 2 is 1.95 bits per heavy atom. The van der Waals surface area contributed by atoms with Crippen LogP contribution in [0.5, 0.6) is 0 Å². The molecule has 0 spiro atoms. The highest BCUT2D eigenvalue weighted by atomic mass is 32.1. The zero-order valence-electron chi connectivity index (χ0n) is 12.7. The largest absolute Gasteiger partial charge is 0.342 e. The van der Waals surface area contributed by atoms with Crippen LogP contribution < -0.4 is 5.73 Å². The maximum atomic E-state index is 6.00. The lowest BCUT2D eigenvalue weighted by atomic mass is 10.0. The third-order valence-corrected chi connectivity index (χ3v) is 5.02. The van der Waals surface area contributed by atoms with Crippen LogP contribution in [0, 0.1) is 0 Å². The number of hydrogen-bond acceptors (Lipinski definition) is 2. The molecule has 3 rings (SSSR count). The summed E-state index contributed by atoms with van der Waals surface area (Å²) >= 11 is 1.91. The van der Waals surface area contributed by atoms with Crippen molar-refractivity contribution in [2.75, 3.05) is 0 Å². The van der Waals surface area contributed by atoms with Crippen molar-refractivity contribution in [1.82, 2.24) is 4.57 Å². The summed E-state index contributed by atoms with van der Waals surface area (Å²) in [5, 5.41) is 1.31. The fourth-order valence-corrected chi connectivity index (χ4v) is 3.81. The first-order chi connectivity index (χ1) is 10.2. The molecule has 0 aliphatic rings. The molecule has 0 aliphatic heterocycles. The van der Waals surface area contributed by atoms with Crippen LogP contribution in [0.3, 0.4) is 0 Å². The van der Waals surface area contributed by atoms with Gasteiger partial charge >= 0.3 is 0 Å². The van der Waals surface area contributed by atoms with Gasteiger partial charge in [0.15, 0.2) is 0 Å². The molecule has 21 heavy (non-hydrogen) atoms. The summed E-state index contributed by atoms with van der Waals surface area (Å²) in [5.41, 5.74) is 8.68. The molecule has 1 unspecified atom stereocenters. The molecule has 0 saturated carbocycles. The van der Waals surface area contributed by atoms with E-state index in [4.69, 9.17) is 5.73 Å². The Balaban J connectivity index is 1.98. The molecule has 0 bridgehead atoms. The molecule has 0 saturated heterocycles. The Morgan fingerprint density at radius 3 is 2.67 bits per heavy atom. The number of nitrogens with two attached hydrogens (primary N) is 1. The maximum absolute atomic E-state index is 6.00. The fourth-order valence-electron chi connectivity index (χ4n) is 2.85. The van der Waals surface area contributed by atoms with Crippen molar-refractivity contribution in [3.05, 3.63) is 57.9 Å². The lowest BCUT2D eigenvalue weighted by Gasteiger charge is -2.11. The van der Waals surface area contributed by atoms with Gasteiger partial charge in [0.25, 0.3) is 0 Å². The van der Waals surface area contributed by atoms with Crippen molar-refractivity contribution in [2.24, 2.45) is 5.73 Å². The Hall–Kier alpha value is -1.58. The summed E-state index contributed by atoms with van der Waals surface area (Å²) in [6, 6.07) is 13.4. The predicted molar refractivity (Wildman–Crippen MR) is 92.1 cm³/mol. The van der Waals surface area contributed by atoms with Gasteiger partial charge < -0.3 is 10.3 Å². The van der Waals surface area contributed by atoms with Crippen LogP contribution in [0.1, 0.15) is 29.2 Å². The van der Waals surface area contributed by atoms with E-state index in [1.54, 1.807) is 0 Å². The molecular formula is C18H22N2S. The first-order valence-electron chi connectivity index (χ1n) is 7.57. The molecule has 1 aromatic carbocycles. The molecule has 0 fully saturated rings. The van der Waals surface area contributed by atoms with Crippen LogP contribution in [0.4, 0.5) is 0 Å². The number of benzene rings is 1. The highest BCUT2D eigenvalue weighted by molar-refractivity contribution is 7.11. The van der Waals surface area contributed by atoms with E-state index in [0.717, 1.165) is 19.4 Å². The van der Waals surface area contributed by atoms with Crippen LogP contribution in [0.25, 0.3) is 10.9 Å². The molecule has 3 aromatic rings. The number of aryl methyl sites for hydroxylation is 1. The number of thiophene rings is 1. The summed E-state index contributed by atoms with van der Waals surface area (Å²) in [7, 11) is 0. The highest BCUT2D eigenvalue weighted by Crippen LogP contribution is 2.25. The molecule has 3 heteroatoms. The molecule has 1 atom stereocenters. The van der Waals surface area contributed by atoms with Crippen LogP contribution in [0.2, 0.25) is 0 Å². The Labute approximate surface area is 130 Å². The molecule has 2 N–H and O–H groups in total. The molecule has 110 valence electrons. The van der Waals surface area contributed by atoms with Gasteiger partial charge in [-0.1, -0.05) is 25.1 Å². The van der Waals surface area contributed by atoms with Gasteiger partial charge in [0.1, 0.15) is 0 Å². The van der Waals surface area contributed by atoms with Gasteiger partial charge in [-0.25, -0.2) is 0 Å². The van der Waals surface area contributed by atoms with E-state index in [2.05, 4.69) is 61.0 Å². The lowest BCUT2D eigenvalue weighted by Crippen LogP contribution is -2.18. The number of fused-ring (bicyclic) bond motifs is 1. The van der Waals surface area contributed by atoms with Crippen molar-refractivity contribution in [1.29, 1.82) is 0 Å². The standard InChI is InChI=1S/C18H22N2S/c1-3-16-7-8-17(21-16)12-20-10-9-14-5-4-6-15(18(14)20)11-13(2)19/h4-10,13H,3,11-12,19H2,1-2H3. The first kappa shape index (κ1) is 14.4. The summed E-state index contributed by atoms with van der Waals surface area (Å²) in [6.07, 6.45) is 4.24. The SMILES string of the molecule is CCc1ccc(Cn2ccc3cccc(CC(C)N)c32)s1. The Kier molecular flexibility index (Phi) is 4.13. The number of para-hydroxylation sites is 1. The van der Waals surface area contributed by atoms with Crippen molar-refractivity contribution >= 4 is 22.2 Å². The summed E-state index contributed by atoms with van der Waals surface area (Å²) in [4.78, 5) is 2.87. The zero-order chi connectivity index (χ0) is 14.8. The van der Waals surface area contributed by atoms with Crippen LogP contribution in [0.15, 0.2) is 42.6 Å². The second kappa shape index (κ2) is 6.04. The lowest BCUT2D eigenvalue weighted by molar-refractivity contribution is 0.735. The Bertz CT molecular complexity index is 737. The number of hydrogen-bond donors (Lipinski definition) is 1. The second-order valence-corrected chi connectivity index (χ2v) is 6.95. The van der Waals surface area contributed by atoms with E-state index in [1.807, 2.05) is 11.3 Å². The van der Waals surface area contributed by atoms with Crippen LogP contribution in [-0.4, -0.2) is 10.6 Å². The molecule has 2 aromatic heterocycles. The number of nitrogens with zero attached hydrogens (tertiary/aromatic N) is 1. The quantitative estimate of drug-likeness (QED) is 0.752.